The van der Waals surface area contributed by atoms with Crippen molar-refractivity contribution in [3.05, 3.63) is 50.9 Å². The van der Waals surface area contributed by atoms with E-state index in [1.807, 2.05) is 0 Å². The maximum Gasteiger partial charge on any atom is 0.240 e. The maximum absolute atomic E-state index is 13.2. The lowest BCUT2D eigenvalue weighted by atomic mass is 10.2. The molecule has 0 bridgehead atoms. The van der Waals surface area contributed by atoms with Gasteiger partial charge in [0.25, 0.3) is 0 Å². The van der Waals surface area contributed by atoms with E-state index in [-0.39, 0.29) is 17.0 Å². The number of halogens is 2. The quantitative estimate of drug-likeness (QED) is 0.854. The van der Waals surface area contributed by atoms with E-state index in [0.29, 0.717) is 4.34 Å². The first-order valence-electron chi connectivity index (χ1n) is 6.37. The first kappa shape index (κ1) is 17.4. The Morgan fingerprint density at radius 1 is 1.36 bits per heavy atom. The molecule has 0 spiro atoms. The van der Waals surface area contributed by atoms with Crippen molar-refractivity contribution in [2.75, 3.05) is 13.7 Å². The van der Waals surface area contributed by atoms with Gasteiger partial charge in [-0.2, -0.15) is 0 Å². The zero-order chi connectivity index (χ0) is 16.3. The van der Waals surface area contributed by atoms with Gasteiger partial charge in [0.2, 0.25) is 10.0 Å². The summed E-state index contributed by atoms with van der Waals surface area (Å²) in [6.07, 6.45) is -0.436. The lowest BCUT2D eigenvalue weighted by molar-refractivity contribution is 0.110. The molecule has 0 aliphatic rings. The van der Waals surface area contributed by atoms with Gasteiger partial charge in [0.05, 0.1) is 9.23 Å². The summed E-state index contributed by atoms with van der Waals surface area (Å²) in [5.74, 6) is -0.443. The first-order chi connectivity index (χ1) is 10.3. The van der Waals surface area contributed by atoms with Gasteiger partial charge >= 0.3 is 0 Å². The first-order valence-corrected chi connectivity index (χ1v) is 9.05. The zero-order valence-corrected chi connectivity index (χ0v) is 14.4. The smallest absolute Gasteiger partial charge is 0.240 e. The van der Waals surface area contributed by atoms with Crippen molar-refractivity contribution < 1.29 is 17.5 Å². The molecule has 0 aliphatic heterocycles. The molecule has 1 aromatic heterocycles. The second-order valence-corrected chi connectivity index (χ2v) is 8.14. The minimum Gasteiger partial charge on any atom is -0.375 e. The molecule has 1 aromatic carbocycles. The molecule has 2 rings (SSSR count). The van der Waals surface area contributed by atoms with Crippen molar-refractivity contribution in [2.24, 2.45) is 0 Å². The number of nitrogens with one attached hydrogen (secondary N) is 1. The van der Waals surface area contributed by atoms with Crippen molar-refractivity contribution in [2.45, 2.75) is 17.9 Å². The highest BCUT2D eigenvalue weighted by Gasteiger charge is 2.19. The molecular weight excluding hydrogens is 349 g/mol. The van der Waals surface area contributed by atoms with E-state index in [0.717, 1.165) is 10.9 Å². The van der Waals surface area contributed by atoms with Gasteiger partial charge in [0, 0.05) is 18.5 Å². The summed E-state index contributed by atoms with van der Waals surface area (Å²) >= 11 is 7.20. The highest BCUT2D eigenvalue weighted by Crippen LogP contribution is 2.28. The van der Waals surface area contributed by atoms with Crippen LogP contribution in [0.15, 0.2) is 35.2 Å². The predicted molar refractivity (Wildman–Crippen MR) is 85.4 cm³/mol. The van der Waals surface area contributed by atoms with E-state index in [2.05, 4.69) is 4.72 Å². The normalized spacial score (nSPS) is 13.3. The lowest BCUT2D eigenvalue weighted by Gasteiger charge is -2.15. The average molecular weight is 364 g/mol. The van der Waals surface area contributed by atoms with Crippen molar-refractivity contribution in [1.82, 2.24) is 4.72 Å². The Morgan fingerprint density at radius 2 is 2.09 bits per heavy atom. The topological polar surface area (TPSA) is 55.4 Å². The molecule has 0 fully saturated rings. The molecule has 0 radical (unpaired) electrons. The van der Waals surface area contributed by atoms with E-state index in [1.165, 1.54) is 37.5 Å². The van der Waals surface area contributed by atoms with Crippen LogP contribution in [0.1, 0.15) is 16.5 Å². The third kappa shape index (κ3) is 4.05. The van der Waals surface area contributed by atoms with Gasteiger partial charge in [-0.25, -0.2) is 17.5 Å². The van der Waals surface area contributed by atoms with Crippen LogP contribution < -0.4 is 4.72 Å². The number of thiophene rings is 1. The number of hydrogen-bond donors (Lipinski definition) is 1. The van der Waals surface area contributed by atoms with E-state index < -0.39 is 21.9 Å². The van der Waals surface area contributed by atoms with Gasteiger partial charge in [0.15, 0.2) is 0 Å². The van der Waals surface area contributed by atoms with Crippen molar-refractivity contribution in [1.29, 1.82) is 0 Å². The average Bonchev–Trinajstić information content (AvgIpc) is 2.89. The second-order valence-electron chi connectivity index (χ2n) is 4.63. The summed E-state index contributed by atoms with van der Waals surface area (Å²) < 4.78 is 46.1. The maximum atomic E-state index is 13.2. The molecular formula is C14H15ClFNO3S2. The summed E-state index contributed by atoms with van der Waals surface area (Å²) in [5, 5.41) is 0. The highest BCUT2D eigenvalue weighted by atomic mass is 35.5. The van der Waals surface area contributed by atoms with Crippen LogP contribution in [0, 0.1) is 12.7 Å². The summed E-state index contributed by atoms with van der Waals surface area (Å²) in [4.78, 5) is 0.843. The van der Waals surface area contributed by atoms with Crippen LogP contribution in [0.4, 0.5) is 4.39 Å². The fraction of sp³-hybridized carbons (Fsp3) is 0.286. The number of methoxy groups -OCH3 is 1. The van der Waals surface area contributed by atoms with Crippen LogP contribution in [-0.4, -0.2) is 22.1 Å². The molecule has 2 aromatic rings. The van der Waals surface area contributed by atoms with E-state index in [9.17, 15) is 12.8 Å². The van der Waals surface area contributed by atoms with Crippen molar-refractivity contribution in [3.63, 3.8) is 0 Å². The molecule has 0 amide bonds. The number of benzene rings is 1. The molecule has 0 saturated carbocycles. The summed E-state index contributed by atoms with van der Waals surface area (Å²) in [7, 11) is -2.24. The van der Waals surface area contributed by atoms with Gasteiger partial charge in [-0.3, -0.25) is 0 Å². The van der Waals surface area contributed by atoms with Crippen molar-refractivity contribution >= 4 is 33.0 Å². The summed E-state index contributed by atoms with van der Waals surface area (Å²) in [5.41, 5.74) is 0.274. The molecule has 1 heterocycles. The second kappa shape index (κ2) is 7.06. The Morgan fingerprint density at radius 3 is 2.64 bits per heavy atom. The molecule has 0 aliphatic carbocycles. The molecule has 4 nitrogen and oxygen atoms in total. The van der Waals surface area contributed by atoms with Crippen LogP contribution in [0.5, 0.6) is 0 Å². The van der Waals surface area contributed by atoms with Crippen molar-refractivity contribution in [3.8, 4) is 0 Å². The van der Waals surface area contributed by atoms with Gasteiger partial charge in [-0.05, 0) is 42.8 Å². The van der Waals surface area contributed by atoms with Gasteiger partial charge in [-0.15, -0.1) is 11.3 Å². The predicted octanol–water partition coefficient (Wildman–Crippen LogP) is 3.52. The summed E-state index contributed by atoms with van der Waals surface area (Å²) in [6, 6.07) is 7.18. The molecule has 8 heteroatoms. The molecule has 22 heavy (non-hydrogen) atoms. The highest BCUT2D eigenvalue weighted by molar-refractivity contribution is 7.89. The van der Waals surface area contributed by atoms with Crippen LogP contribution in [-0.2, 0) is 14.8 Å². The molecule has 0 saturated heterocycles. The number of ether oxygens (including phenoxy) is 1. The zero-order valence-electron chi connectivity index (χ0n) is 12.0. The fourth-order valence-corrected chi connectivity index (χ4v) is 4.11. The minimum atomic E-state index is -3.73. The number of rotatable bonds is 6. The molecule has 1 N–H and O–H groups in total. The Hall–Kier alpha value is -0.990. The van der Waals surface area contributed by atoms with Gasteiger partial charge < -0.3 is 4.74 Å². The Kier molecular flexibility index (Phi) is 5.57. The Balaban J connectivity index is 2.12. The van der Waals surface area contributed by atoms with Crippen LogP contribution in [0.25, 0.3) is 0 Å². The van der Waals surface area contributed by atoms with E-state index in [1.54, 1.807) is 12.1 Å². The Bertz CT molecular complexity index is 761. The minimum absolute atomic E-state index is 0.0189. The molecule has 120 valence electrons. The number of sulfonamides is 1. The number of aryl methyl sites for hydroxylation is 1. The third-order valence-corrected chi connectivity index (χ3v) is 5.84. The van der Waals surface area contributed by atoms with E-state index >= 15 is 0 Å². The SMILES string of the molecule is COC(CNS(=O)(=O)c1ccc(F)c(C)c1)c1ccc(Cl)s1. The summed E-state index contributed by atoms with van der Waals surface area (Å²) in [6.45, 7) is 1.58. The largest absolute Gasteiger partial charge is 0.375 e. The molecule has 1 atom stereocenters. The third-order valence-electron chi connectivity index (χ3n) is 3.09. The van der Waals surface area contributed by atoms with Crippen LogP contribution in [0.3, 0.4) is 0 Å². The van der Waals surface area contributed by atoms with Crippen LogP contribution in [0.2, 0.25) is 4.34 Å². The fourth-order valence-electron chi connectivity index (χ4n) is 1.85. The van der Waals surface area contributed by atoms with Crippen LogP contribution >= 0.6 is 22.9 Å². The van der Waals surface area contributed by atoms with E-state index in [4.69, 9.17) is 16.3 Å². The molecule has 1 unspecified atom stereocenters. The van der Waals surface area contributed by atoms with Gasteiger partial charge in [-0.1, -0.05) is 11.6 Å². The lowest BCUT2D eigenvalue weighted by Crippen LogP contribution is -2.29. The number of hydrogen-bond acceptors (Lipinski definition) is 4. The van der Waals surface area contributed by atoms with Gasteiger partial charge in [0.1, 0.15) is 11.9 Å². The standard InChI is InChI=1S/C14H15ClFNO3S2/c1-9-7-10(3-4-11(9)16)22(18,19)17-8-12(20-2)13-5-6-14(15)21-13/h3-7,12,17H,8H2,1-2H3. The Labute approximate surface area is 137 Å². The monoisotopic (exact) mass is 363 g/mol.